The largest absolute Gasteiger partial charge is 0.395 e. The first kappa shape index (κ1) is 24.5. The fourth-order valence-electron chi connectivity index (χ4n) is 3.13. The van der Waals surface area contributed by atoms with Gasteiger partial charge in [0, 0.05) is 48.6 Å². The first-order chi connectivity index (χ1) is 16.1. The Balaban J connectivity index is 0.000000709. The van der Waals surface area contributed by atoms with Crippen LogP contribution >= 0.6 is 11.3 Å². The molecule has 0 aliphatic carbocycles. The van der Waals surface area contributed by atoms with Crippen LogP contribution in [0.3, 0.4) is 0 Å². The van der Waals surface area contributed by atoms with Crippen LogP contribution in [0.4, 0.5) is 5.13 Å². The number of fused-ring (bicyclic) bond motifs is 1. The molecule has 0 spiro atoms. The number of anilines is 1. The zero-order valence-corrected chi connectivity index (χ0v) is 19.5. The average molecular weight is 469 g/mol. The van der Waals surface area contributed by atoms with Gasteiger partial charge in [-0.05, 0) is 44.2 Å². The number of aliphatic hydroxyl groups excluding tert-OH is 1. The van der Waals surface area contributed by atoms with Gasteiger partial charge in [-0.3, -0.25) is 15.1 Å². The van der Waals surface area contributed by atoms with Crippen molar-refractivity contribution in [2.75, 3.05) is 31.7 Å². The van der Waals surface area contributed by atoms with E-state index in [0.717, 1.165) is 34.7 Å². The number of pyridine rings is 1. The fourth-order valence-corrected chi connectivity index (χ4v) is 3.84. The lowest BCUT2D eigenvalue weighted by Crippen LogP contribution is -2.11. The van der Waals surface area contributed by atoms with Crippen LogP contribution in [0.1, 0.15) is 23.1 Å². The highest BCUT2D eigenvalue weighted by Crippen LogP contribution is 2.25. The van der Waals surface area contributed by atoms with E-state index in [1.807, 2.05) is 49.6 Å². The van der Waals surface area contributed by atoms with Gasteiger partial charge in [0.15, 0.2) is 5.13 Å². The summed E-state index contributed by atoms with van der Waals surface area (Å²) in [6.45, 7) is 6.47. The van der Waals surface area contributed by atoms with Crippen LogP contribution in [0.5, 0.6) is 0 Å². The molecular formula is C23H28N6O3S. The summed E-state index contributed by atoms with van der Waals surface area (Å²) in [4.78, 5) is 25.8. The zero-order valence-electron chi connectivity index (χ0n) is 18.7. The van der Waals surface area contributed by atoms with Crippen LogP contribution in [0.2, 0.25) is 0 Å². The Bertz CT molecular complexity index is 1170. The number of amides is 1. The number of aromatic nitrogens is 4. The number of benzene rings is 1. The molecule has 0 atom stereocenters. The molecule has 1 aromatic carbocycles. The number of imidazole rings is 1. The SMILES string of the molecule is CCOCCn1c(C)nc2cc(C(=O)Nc3nc(-c4ccncc4)cs3)ccc21.NCCO. The summed E-state index contributed by atoms with van der Waals surface area (Å²) in [6.07, 6.45) is 3.44. The molecule has 10 heteroatoms. The first-order valence-corrected chi connectivity index (χ1v) is 11.5. The Morgan fingerprint density at radius 3 is 2.70 bits per heavy atom. The lowest BCUT2D eigenvalue weighted by atomic mass is 10.2. The monoisotopic (exact) mass is 468 g/mol. The molecule has 1 amide bonds. The number of rotatable bonds is 8. The van der Waals surface area contributed by atoms with E-state index in [4.69, 9.17) is 15.6 Å². The number of carbonyl (C=O) groups excluding carboxylic acids is 1. The number of hydrogen-bond donors (Lipinski definition) is 3. The van der Waals surface area contributed by atoms with Crippen LogP contribution < -0.4 is 11.1 Å². The lowest BCUT2D eigenvalue weighted by Gasteiger charge is -2.07. The van der Waals surface area contributed by atoms with Crippen LogP contribution in [-0.4, -0.2) is 56.9 Å². The summed E-state index contributed by atoms with van der Waals surface area (Å²) in [5.74, 6) is 0.697. The molecule has 4 rings (SSSR count). The summed E-state index contributed by atoms with van der Waals surface area (Å²) >= 11 is 1.39. The normalized spacial score (nSPS) is 10.7. The maximum atomic E-state index is 12.7. The molecule has 3 heterocycles. The predicted octanol–water partition coefficient (Wildman–Crippen LogP) is 3.09. The zero-order chi connectivity index (χ0) is 23.6. The van der Waals surface area contributed by atoms with Gasteiger partial charge in [0.2, 0.25) is 0 Å². The van der Waals surface area contributed by atoms with E-state index >= 15 is 0 Å². The molecule has 0 aliphatic rings. The number of nitrogens with zero attached hydrogens (tertiary/aromatic N) is 4. The Labute approximate surface area is 196 Å². The van der Waals surface area contributed by atoms with E-state index in [2.05, 4.69) is 24.8 Å². The smallest absolute Gasteiger partial charge is 0.257 e. The number of aliphatic hydroxyl groups is 1. The molecule has 3 aromatic heterocycles. The van der Waals surface area contributed by atoms with Gasteiger partial charge in [-0.2, -0.15) is 0 Å². The predicted molar refractivity (Wildman–Crippen MR) is 130 cm³/mol. The third-order valence-electron chi connectivity index (χ3n) is 4.69. The number of hydrogen-bond acceptors (Lipinski definition) is 8. The van der Waals surface area contributed by atoms with Crippen LogP contribution in [-0.2, 0) is 11.3 Å². The van der Waals surface area contributed by atoms with Crippen molar-refractivity contribution in [3.8, 4) is 11.3 Å². The summed E-state index contributed by atoms with van der Waals surface area (Å²) in [7, 11) is 0. The van der Waals surface area contributed by atoms with Crippen molar-refractivity contribution >= 4 is 33.4 Å². The molecule has 0 saturated carbocycles. The van der Waals surface area contributed by atoms with Crippen molar-refractivity contribution < 1.29 is 14.6 Å². The van der Waals surface area contributed by atoms with E-state index in [0.29, 0.717) is 30.5 Å². The quantitative estimate of drug-likeness (QED) is 0.339. The topological polar surface area (TPSA) is 128 Å². The highest BCUT2D eigenvalue weighted by molar-refractivity contribution is 7.14. The Hall–Kier alpha value is -3.18. The van der Waals surface area contributed by atoms with E-state index in [9.17, 15) is 4.79 Å². The number of ether oxygens (including phenoxy) is 1. The Morgan fingerprint density at radius 2 is 2.00 bits per heavy atom. The second-order valence-electron chi connectivity index (χ2n) is 6.95. The van der Waals surface area contributed by atoms with Crippen molar-refractivity contribution in [3.05, 3.63) is 59.5 Å². The second kappa shape index (κ2) is 12.2. The lowest BCUT2D eigenvalue weighted by molar-refractivity contribution is 0.102. The van der Waals surface area contributed by atoms with Gasteiger partial charge in [0.1, 0.15) is 5.82 Å². The molecular weight excluding hydrogens is 440 g/mol. The molecule has 9 nitrogen and oxygen atoms in total. The van der Waals surface area contributed by atoms with E-state index in [1.165, 1.54) is 11.3 Å². The second-order valence-corrected chi connectivity index (χ2v) is 7.81. The highest BCUT2D eigenvalue weighted by Gasteiger charge is 2.13. The van der Waals surface area contributed by atoms with Gasteiger partial charge in [-0.1, -0.05) is 0 Å². The minimum absolute atomic E-state index is 0.0972. The number of carbonyl (C=O) groups is 1. The maximum absolute atomic E-state index is 12.7. The number of nitrogens with one attached hydrogen (secondary N) is 1. The van der Waals surface area contributed by atoms with Crippen LogP contribution in [0.25, 0.3) is 22.3 Å². The minimum Gasteiger partial charge on any atom is -0.395 e. The molecule has 0 bridgehead atoms. The molecule has 0 unspecified atom stereocenters. The molecule has 0 radical (unpaired) electrons. The molecule has 4 aromatic rings. The molecule has 0 aliphatic heterocycles. The van der Waals surface area contributed by atoms with Crippen molar-refractivity contribution in [3.63, 3.8) is 0 Å². The van der Waals surface area contributed by atoms with Gasteiger partial charge >= 0.3 is 0 Å². The van der Waals surface area contributed by atoms with Crippen LogP contribution in [0.15, 0.2) is 48.1 Å². The highest BCUT2D eigenvalue weighted by atomic mass is 32.1. The standard InChI is InChI=1S/C21H21N5O2S.C2H7NO/c1-3-28-11-10-26-14(2)23-17-12-16(4-5-19(17)26)20(27)25-21-24-18(13-29-21)15-6-8-22-9-7-15;3-1-2-4/h4-9,12-13H,3,10-11H2,1-2H3,(H,24,25,27);4H,1-3H2. The average Bonchev–Trinajstić information content (AvgIpc) is 3.43. The summed E-state index contributed by atoms with van der Waals surface area (Å²) in [5.41, 5.74) is 8.89. The minimum atomic E-state index is -0.205. The molecule has 4 N–H and O–H groups in total. The molecule has 174 valence electrons. The van der Waals surface area contributed by atoms with Crippen molar-refractivity contribution in [2.45, 2.75) is 20.4 Å². The van der Waals surface area contributed by atoms with Gasteiger partial charge in [0.05, 0.1) is 29.9 Å². The van der Waals surface area contributed by atoms with Crippen LogP contribution in [0, 0.1) is 6.92 Å². The molecule has 33 heavy (non-hydrogen) atoms. The van der Waals surface area contributed by atoms with Crippen molar-refractivity contribution in [1.29, 1.82) is 0 Å². The summed E-state index contributed by atoms with van der Waals surface area (Å²) in [5, 5.41) is 13.1. The summed E-state index contributed by atoms with van der Waals surface area (Å²) < 4.78 is 7.56. The molecule has 0 fully saturated rings. The molecule has 0 saturated heterocycles. The van der Waals surface area contributed by atoms with E-state index in [1.54, 1.807) is 12.4 Å². The first-order valence-electron chi connectivity index (χ1n) is 10.6. The van der Waals surface area contributed by atoms with E-state index < -0.39 is 0 Å². The maximum Gasteiger partial charge on any atom is 0.257 e. The Morgan fingerprint density at radius 1 is 1.24 bits per heavy atom. The third kappa shape index (κ3) is 6.42. The fraction of sp³-hybridized carbons (Fsp3) is 0.304. The number of aryl methyl sites for hydroxylation is 1. The van der Waals surface area contributed by atoms with Crippen molar-refractivity contribution in [2.24, 2.45) is 5.73 Å². The summed E-state index contributed by atoms with van der Waals surface area (Å²) in [6, 6.07) is 9.33. The van der Waals surface area contributed by atoms with E-state index in [-0.39, 0.29) is 12.5 Å². The van der Waals surface area contributed by atoms with Crippen molar-refractivity contribution in [1.82, 2.24) is 19.5 Å². The van der Waals surface area contributed by atoms with Gasteiger partial charge in [-0.15, -0.1) is 11.3 Å². The van der Waals surface area contributed by atoms with Gasteiger partial charge in [-0.25, -0.2) is 9.97 Å². The number of nitrogens with two attached hydrogens (primary N) is 1. The third-order valence-corrected chi connectivity index (χ3v) is 5.45. The van der Waals surface area contributed by atoms with Gasteiger partial charge < -0.3 is 20.1 Å². The Kier molecular flexibility index (Phi) is 9.02. The van der Waals surface area contributed by atoms with Gasteiger partial charge in [0.25, 0.3) is 5.91 Å². The number of thiazole rings is 1.